The summed E-state index contributed by atoms with van der Waals surface area (Å²) in [5, 5.41) is 32.7. The van der Waals surface area contributed by atoms with E-state index in [9.17, 15) is 9.59 Å². The minimum Gasteiger partial charge on any atom is -0.481 e. The molecule has 0 aliphatic rings. The molecule has 0 atom stereocenters. The molecule has 0 aromatic heterocycles. The average molecular weight is 456 g/mol. The van der Waals surface area contributed by atoms with Gasteiger partial charge in [0.15, 0.2) is 0 Å². The van der Waals surface area contributed by atoms with Gasteiger partial charge in [-0.2, -0.15) is 0 Å². The normalized spacial score (nSPS) is 9.17. The summed E-state index contributed by atoms with van der Waals surface area (Å²) in [6.07, 6.45) is 11.4. The molecule has 0 rings (SSSR count). The van der Waals surface area contributed by atoms with E-state index in [0.29, 0.717) is 12.8 Å². The number of hydrogen-bond donors (Lipinski definition) is 4. The molecule has 176 valence electrons. The van der Waals surface area contributed by atoms with E-state index in [-0.39, 0.29) is 33.9 Å². The summed E-state index contributed by atoms with van der Waals surface area (Å²) in [5.41, 5.74) is 0. The third-order valence-corrected chi connectivity index (χ3v) is 2.99. The largest absolute Gasteiger partial charge is 0.481 e. The van der Waals surface area contributed by atoms with Crippen LogP contribution in [0.2, 0.25) is 0 Å². The van der Waals surface area contributed by atoms with Crippen LogP contribution in [0.25, 0.3) is 0 Å². The Morgan fingerprint density at radius 3 is 0.966 bits per heavy atom. The number of aliphatic hydroxyl groups is 2. The van der Waals surface area contributed by atoms with Gasteiger partial charge >= 0.3 is 11.9 Å². The monoisotopic (exact) mass is 456 g/mol. The number of carboxylic acids is 2. The van der Waals surface area contributed by atoms with Crippen molar-refractivity contribution in [1.82, 2.24) is 0 Å². The van der Waals surface area contributed by atoms with Gasteiger partial charge in [0.05, 0.1) is 0 Å². The molecule has 0 amide bonds. The molecular weight excluding hydrogens is 408 g/mol. The van der Waals surface area contributed by atoms with Crippen molar-refractivity contribution in [1.29, 1.82) is 0 Å². The van der Waals surface area contributed by atoms with Gasteiger partial charge in [0, 0.05) is 46.8 Å². The molecule has 0 radical (unpaired) electrons. The summed E-state index contributed by atoms with van der Waals surface area (Å²) in [6, 6.07) is 0. The molecule has 0 fully saturated rings. The third-order valence-electron chi connectivity index (χ3n) is 2.99. The van der Waals surface area contributed by atoms with E-state index in [1.165, 1.54) is 38.5 Å². The van der Waals surface area contributed by atoms with Crippen molar-refractivity contribution in [2.24, 2.45) is 0 Å². The van der Waals surface area contributed by atoms with Crippen molar-refractivity contribution < 1.29 is 51.7 Å². The van der Waals surface area contributed by atoms with E-state index >= 15 is 0 Å². The van der Waals surface area contributed by atoms with Crippen LogP contribution >= 0.6 is 0 Å². The van der Waals surface area contributed by atoms with Gasteiger partial charge in [0.1, 0.15) is 0 Å². The van der Waals surface area contributed by atoms with E-state index in [1.807, 2.05) is 0 Å². The smallest absolute Gasteiger partial charge is 0.303 e. The molecule has 0 bridgehead atoms. The summed E-state index contributed by atoms with van der Waals surface area (Å²) in [4.78, 5) is 20.1. The number of aliphatic carboxylic acids is 2. The van der Waals surface area contributed by atoms with Crippen LogP contribution in [-0.4, -0.2) is 44.6 Å². The van der Waals surface area contributed by atoms with Crippen molar-refractivity contribution in [2.45, 2.75) is 131 Å². The second kappa shape index (κ2) is 35.0. The molecule has 0 saturated carbocycles. The number of carbonyl (C=O) groups is 2. The van der Waals surface area contributed by atoms with Crippen LogP contribution in [0, 0.1) is 0 Å². The molecule has 0 unspecified atom stereocenters. The van der Waals surface area contributed by atoms with Crippen molar-refractivity contribution in [2.75, 3.05) is 0 Å². The first-order chi connectivity index (χ1) is 13.0. The zero-order chi connectivity index (χ0) is 22.8. The Hall–Kier alpha value is -0.426. The summed E-state index contributed by atoms with van der Waals surface area (Å²) < 4.78 is 0. The maximum Gasteiger partial charge on any atom is 0.303 e. The van der Waals surface area contributed by atoms with Gasteiger partial charge in [0.2, 0.25) is 0 Å². The molecule has 4 N–H and O–H groups in total. The number of unbranched alkanes of at least 4 members (excludes halogenated alkanes) is 8. The summed E-state index contributed by atoms with van der Waals surface area (Å²) in [5.74, 6) is -1.34. The number of carboxylic acid groups (broad SMARTS) is 2. The van der Waals surface area contributed by atoms with Crippen molar-refractivity contribution in [3.05, 3.63) is 0 Å². The van der Waals surface area contributed by atoms with Crippen LogP contribution in [0.3, 0.4) is 0 Å². The Morgan fingerprint density at radius 1 is 0.586 bits per heavy atom. The van der Waals surface area contributed by atoms with Crippen molar-refractivity contribution in [3.63, 3.8) is 0 Å². The summed E-state index contributed by atoms with van der Waals surface area (Å²) in [6.45, 7) is 11.2. The molecule has 0 saturated heterocycles. The minimum absolute atomic E-state index is 0. The molecular formula is C22H48O6Ti. The van der Waals surface area contributed by atoms with Gasteiger partial charge in [0.25, 0.3) is 0 Å². The standard InChI is InChI=1S/2C8H16O2.2C3H8O.Ti/c2*1-2-3-4-5-6-7-8(9)10;2*1-3(2)4;/h2*2-7H2,1H3,(H,9,10);2*3-4H,1-2H3;. The zero-order valence-electron chi connectivity index (χ0n) is 19.7. The van der Waals surface area contributed by atoms with E-state index in [4.69, 9.17) is 20.4 Å². The summed E-state index contributed by atoms with van der Waals surface area (Å²) in [7, 11) is 0. The molecule has 0 aromatic rings. The van der Waals surface area contributed by atoms with E-state index < -0.39 is 11.9 Å². The molecule has 29 heavy (non-hydrogen) atoms. The Labute approximate surface area is 194 Å². The molecule has 6 nitrogen and oxygen atoms in total. The van der Waals surface area contributed by atoms with Crippen LogP contribution < -0.4 is 0 Å². The van der Waals surface area contributed by atoms with Crippen molar-refractivity contribution >= 4 is 11.9 Å². The Morgan fingerprint density at radius 2 is 0.793 bits per heavy atom. The molecule has 0 aliphatic carbocycles. The number of hydrogen-bond acceptors (Lipinski definition) is 4. The summed E-state index contributed by atoms with van der Waals surface area (Å²) >= 11 is 0. The van der Waals surface area contributed by atoms with Crippen LogP contribution in [0.15, 0.2) is 0 Å². The Bertz CT molecular complexity index is 274. The van der Waals surface area contributed by atoms with Crippen LogP contribution in [0.1, 0.15) is 119 Å². The van der Waals surface area contributed by atoms with Gasteiger partial charge in [-0.05, 0) is 40.5 Å². The zero-order valence-corrected chi connectivity index (χ0v) is 21.3. The first-order valence-corrected chi connectivity index (χ1v) is 10.8. The van der Waals surface area contributed by atoms with Gasteiger partial charge in [-0.25, -0.2) is 0 Å². The van der Waals surface area contributed by atoms with Gasteiger partial charge in [-0.15, -0.1) is 0 Å². The topological polar surface area (TPSA) is 115 Å². The fraction of sp³-hybridized carbons (Fsp3) is 0.909. The second-order valence-electron chi connectivity index (χ2n) is 7.30. The molecule has 0 heterocycles. The van der Waals surface area contributed by atoms with Gasteiger partial charge in [-0.3, -0.25) is 9.59 Å². The maximum atomic E-state index is 10.0. The Kier molecular flexibility index (Phi) is 47.2. The van der Waals surface area contributed by atoms with Gasteiger partial charge < -0.3 is 20.4 Å². The maximum absolute atomic E-state index is 10.0. The number of aliphatic hydroxyl groups excluding tert-OH is 2. The SMILES string of the molecule is CC(C)O.CC(C)O.CCCCCCCC(=O)O.CCCCCCCC(=O)O.[Ti]. The molecule has 0 spiro atoms. The predicted molar refractivity (Wildman–Crippen MR) is 117 cm³/mol. The second-order valence-corrected chi connectivity index (χ2v) is 7.30. The Balaban J connectivity index is -0.0000000950. The van der Waals surface area contributed by atoms with Crippen LogP contribution in [0.5, 0.6) is 0 Å². The average Bonchev–Trinajstić information content (AvgIpc) is 2.53. The first-order valence-electron chi connectivity index (χ1n) is 10.8. The van der Waals surface area contributed by atoms with E-state index in [1.54, 1.807) is 27.7 Å². The number of rotatable bonds is 12. The molecule has 7 heteroatoms. The quantitative estimate of drug-likeness (QED) is 0.223. The van der Waals surface area contributed by atoms with Gasteiger partial charge in [-0.1, -0.05) is 65.2 Å². The van der Waals surface area contributed by atoms with Crippen LogP contribution in [-0.2, 0) is 31.3 Å². The van der Waals surface area contributed by atoms with E-state index in [2.05, 4.69) is 13.8 Å². The fourth-order valence-corrected chi connectivity index (χ4v) is 1.76. The molecule has 0 aliphatic heterocycles. The first kappa shape index (κ1) is 39.1. The fourth-order valence-electron chi connectivity index (χ4n) is 1.76. The van der Waals surface area contributed by atoms with Crippen LogP contribution in [0.4, 0.5) is 0 Å². The third kappa shape index (κ3) is 97.9. The van der Waals surface area contributed by atoms with E-state index in [0.717, 1.165) is 25.7 Å². The predicted octanol–water partition coefficient (Wildman–Crippen LogP) is 5.63. The minimum atomic E-state index is -0.670. The van der Waals surface area contributed by atoms with Crippen molar-refractivity contribution in [3.8, 4) is 0 Å². The molecule has 0 aromatic carbocycles.